The van der Waals surface area contributed by atoms with Gasteiger partial charge in [0, 0.05) is 30.6 Å². The van der Waals surface area contributed by atoms with Gasteiger partial charge >= 0.3 is 0 Å². The summed E-state index contributed by atoms with van der Waals surface area (Å²) in [4.78, 5) is 49.7. The van der Waals surface area contributed by atoms with Crippen LogP contribution in [0.15, 0.2) is 47.5 Å². The van der Waals surface area contributed by atoms with E-state index < -0.39 is 17.3 Å². The molecule has 12 heteroatoms. The molecular weight excluding hydrogens is 481 g/mol. The highest BCUT2D eigenvalue weighted by molar-refractivity contribution is 5.99. The van der Waals surface area contributed by atoms with Gasteiger partial charge in [-0.2, -0.15) is 9.61 Å². The van der Waals surface area contributed by atoms with Crippen molar-refractivity contribution in [3.05, 3.63) is 75.8 Å². The van der Waals surface area contributed by atoms with E-state index in [1.807, 2.05) is 26.0 Å². The van der Waals surface area contributed by atoms with Crippen LogP contribution in [0.1, 0.15) is 28.7 Å². The van der Waals surface area contributed by atoms with Gasteiger partial charge in [0.15, 0.2) is 0 Å². The van der Waals surface area contributed by atoms with Crippen LogP contribution >= 0.6 is 0 Å². The molecule has 0 spiro atoms. The Morgan fingerprint density at radius 1 is 1.19 bits per heavy atom. The maximum absolute atomic E-state index is 13.5. The number of fused-ring (bicyclic) bond motifs is 2. The van der Waals surface area contributed by atoms with E-state index in [1.165, 1.54) is 33.2 Å². The van der Waals surface area contributed by atoms with E-state index in [1.54, 1.807) is 12.3 Å². The van der Waals surface area contributed by atoms with Crippen molar-refractivity contribution in [3.63, 3.8) is 0 Å². The van der Waals surface area contributed by atoms with Crippen molar-refractivity contribution in [2.75, 3.05) is 19.0 Å². The molecule has 0 fully saturated rings. The molecule has 0 aliphatic carbocycles. The summed E-state index contributed by atoms with van der Waals surface area (Å²) in [7, 11) is 1.53. The molecule has 0 saturated heterocycles. The van der Waals surface area contributed by atoms with Gasteiger partial charge < -0.3 is 19.5 Å². The van der Waals surface area contributed by atoms with Crippen molar-refractivity contribution in [1.82, 2.24) is 29.0 Å². The van der Waals surface area contributed by atoms with E-state index in [2.05, 4.69) is 20.4 Å². The summed E-state index contributed by atoms with van der Waals surface area (Å²) in [5.74, 6) is -1.28. The van der Waals surface area contributed by atoms with E-state index >= 15 is 0 Å². The molecule has 1 aliphatic heterocycles. The molecule has 5 rings (SSSR count). The Bertz CT molecular complexity index is 1560. The number of ether oxygens (including phenoxy) is 1. The van der Waals surface area contributed by atoms with E-state index in [-0.39, 0.29) is 54.4 Å². The summed E-state index contributed by atoms with van der Waals surface area (Å²) in [6.45, 7) is 3.73. The largest absolute Gasteiger partial charge is 0.383 e. The molecule has 0 bridgehead atoms. The fourth-order valence-electron chi connectivity index (χ4n) is 4.37. The highest BCUT2D eigenvalue weighted by Crippen LogP contribution is 2.26. The number of halogens is 1. The Balaban J connectivity index is 1.61. The number of hydrogen-bond acceptors (Lipinski definition) is 7. The summed E-state index contributed by atoms with van der Waals surface area (Å²) in [5.41, 5.74) is 2.18. The van der Waals surface area contributed by atoms with Crippen molar-refractivity contribution < 1.29 is 18.7 Å². The molecule has 0 unspecified atom stereocenters. The minimum atomic E-state index is -0.536. The number of carbonyl (C=O) groups is 2. The van der Waals surface area contributed by atoms with Crippen LogP contribution in [0.4, 0.5) is 10.2 Å². The fourth-order valence-corrected chi connectivity index (χ4v) is 4.37. The summed E-state index contributed by atoms with van der Waals surface area (Å²) in [6, 6.07) is 7.52. The van der Waals surface area contributed by atoms with Crippen LogP contribution in [-0.2, 0) is 22.6 Å². The number of carbonyl (C=O) groups excluding carboxylic acids is 2. The molecule has 1 atom stereocenters. The summed E-state index contributed by atoms with van der Waals surface area (Å²) in [5, 5.41) is 7.09. The molecule has 1 aliphatic rings. The Morgan fingerprint density at radius 3 is 2.68 bits per heavy atom. The quantitative estimate of drug-likeness (QED) is 0.408. The maximum Gasteiger partial charge on any atom is 0.280 e. The second-order valence-electron chi connectivity index (χ2n) is 8.85. The van der Waals surface area contributed by atoms with E-state index in [0.29, 0.717) is 11.3 Å². The van der Waals surface area contributed by atoms with Gasteiger partial charge in [0.1, 0.15) is 29.5 Å². The van der Waals surface area contributed by atoms with Gasteiger partial charge in [0.2, 0.25) is 5.91 Å². The van der Waals surface area contributed by atoms with Crippen LogP contribution in [0.3, 0.4) is 0 Å². The first-order chi connectivity index (χ1) is 17.8. The summed E-state index contributed by atoms with van der Waals surface area (Å²) >= 11 is 0. The lowest BCUT2D eigenvalue weighted by Crippen LogP contribution is -2.37. The predicted octanol–water partition coefficient (Wildman–Crippen LogP) is 2.03. The number of aromatic nitrogens is 5. The van der Waals surface area contributed by atoms with Crippen molar-refractivity contribution >= 4 is 23.3 Å². The third kappa shape index (κ3) is 4.47. The minimum absolute atomic E-state index is 0.0654. The highest BCUT2D eigenvalue weighted by Gasteiger charge is 2.37. The molecule has 0 saturated carbocycles. The first kappa shape index (κ1) is 24.3. The number of rotatable bonds is 7. The van der Waals surface area contributed by atoms with Crippen molar-refractivity contribution in [2.24, 2.45) is 0 Å². The van der Waals surface area contributed by atoms with Crippen molar-refractivity contribution in [2.45, 2.75) is 33.0 Å². The summed E-state index contributed by atoms with van der Waals surface area (Å²) < 4.78 is 21.1. The molecule has 11 nitrogen and oxygen atoms in total. The number of aryl methyl sites for hydroxylation is 1. The van der Waals surface area contributed by atoms with Gasteiger partial charge in [-0.3, -0.25) is 19.4 Å². The van der Waals surface area contributed by atoms with Crippen LogP contribution in [-0.4, -0.2) is 60.6 Å². The predicted molar refractivity (Wildman–Crippen MR) is 131 cm³/mol. The Morgan fingerprint density at radius 2 is 2.00 bits per heavy atom. The van der Waals surface area contributed by atoms with E-state index in [4.69, 9.17) is 4.74 Å². The maximum atomic E-state index is 13.5. The Hall–Kier alpha value is -4.45. The standard InChI is InChI=1S/C25H24FN7O4/c1-14-4-5-16(9-27-14)19-8-22-32(12-21(34)29-20-7-6-17(26)10-28-20)23-18(24(35)33(22)30-19)11-31(25(23)36)15(2)13-37-3/h4-10,15H,11-13H2,1-3H3,(H,28,29,34)/t15-/m0/s1. The molecule has 0 radical (unpaired) electrons. The molecule has 4 aromatic rings. The van der Waals surface area contributed by atoms with Crippen LogP contribution in [0.25, 0.3) is 16.9 Å². The lowest BCUT2D eigenvalue weighted by molar-refractivity contribution is -0.116. The molecule has 37 heavy (non-hydrogen) atoms. The summed E-state index contributed by atoms with van der Waals surface area (Å²) in [6.07, 6.45) is 2.63. The fraction of sp³-hybridized carbons (Fsp3) is 0.280. The van der Waals surface area contributed by atoms with Gasteiger partial charge in [-0.05, 0) is 38.1 Å². The average molecular weight is 506 g/mol. The van der Waals surface area contributed by atoms with E-state index in [9.17, 15) is 18.8 Å². The van der Waals surface area contributed by atoms with Gasteiger partial charge in [-0.1, -0.05) is 0 Å². The molecule has 190 valence electrons. The Kier molecular flexibility index (Phi) is 6.25. The van der Waals surface area contributed by atoms with Gasteiger partial charge in [-0.15, -0.1) is 0 Å². The number of methoxy groups -OCH3 is 1. The highest BCUT2D eigenvalue weighted by atomic mass is 19.1. The third-order valence-corrected chi connectivity index (χ3v) is 6.21. The number of nitrogens with one attached hydrogen (secondary N) is 1. The van der Waals surface area contributed by atoms with Crippen LogP contribution in [0.2, 0.25) is 0 Å². The monoisotopic (exact) mass is 505 g/mol. The van der Waals surface area contributed by atoms with Crippen LogP contribution in [0.5, 0.6) is 0 Å². The molecule has 0 aromatic carbocycles. The molecular formula is C25H24FN7O4. The topological polar surface area (TPSA) is 124 Å². The van der Waals surface area contributed by atoms with Crippen molar-refractivity contribution in [1.29, 1.82) is 0 Å². The smallest absolute Gasteiger partial charge is 0.280 e. The zero-order valence-electron chi connectivity index (χ0n) is 20.4. The minimum Gasteiger partial charge on any atom is -0.383 e. The normalized spacial score (nSPS) is 13.7. The lowest BCUT2D eigenvalue weighted by atomic mass is 10.2. The van der Waals surface area contributed by atoms with Gasteiger partial charge in [0.25, 0.3) is 11.5 Å². The number of nitrogens with zero attached hydrogens (tertiary/aromatic N) is 6. The molecule has 4 aromatic heterocycles. The second kappa shape index (κ2) is 9.54. The zero-order chi connectivity index (χ0) is 26.3. The first-order valence-corrected chi connectivity index (χ1v) is 11.6. The number of anilines is 1. The molecule has 2 amide bonds. The number of amides is 2. The lowest BCUT2D eigenvalue weighted by Gasteiger charge is -2.23. The first-order valence-electron chi connectivity index (χ1n) is 11.6. The third-order valence-electron chi connectivity index (χ3n) is 6.21. The van der Waals surface area contributed by atoms with Crippen molar-refractivity contribution in [3.8, 4) is 11.3 Å². The number of pyridine rings is 2. The zero-order valence-corrected chi connectivity index (χ0v) is 20.4. The second-order valence-corrected chi connectivity index (χ2v) is 8.85. The average Bonchev–Trinajstić information content (AvgIpc) is 3.47. The number of hydrogen-bond donors (Lipinski definition) is 1. The SMILES string of the molecule is COC[C@H](C)N1Cc2c(n(CC(=O)Nc3ccc(F)cn3)c3cc(-c4ccc(C)nc4)nn3c2=O)C1=O. The van der Waals surface area contributed by atoms with Crippen LogP contribution in [0, 0.1) is 12.7 Å². The van der Waals surface area contributed by atoms with Crippen LogP contribution < -0.4 is 10.9 Å². The van der Waals surface area contributed by atoms with Gasteiger partial charge in [-0.25, -0.2) is 9.37 Å². The molecule has 5 heterocycles. The van der Waals surface area contributed by atoms with Gasteiger partial charge in [0.05, 0.1) is 36.6 Å². The molecule has 1 N–H and O–H groups in total. The Labute approximate surface area is 210 Å². The van der Waals surface area contributed by atoms with E-state index in [0.717, 1.165) is 11.9 Å².